The number of hydrogen-bond acceptors (Lipinski definition) is 3. The third-order valence-electron chi connectivity index (χ3n) is 5.08. The van der Waals surface area contributed by atoms with Crippen molar-refractivity contribution in [3.05, 3.63) is 0 Å². The van der Waals surface area contributed by atoms with E-state index in [1.807, 2.05) is 0 Å². The lowest BCUT2D eigenvalue weighted by atomic mass is 9.95. The molecule has 0 amide bonds. The molecule has 2 fully saturated rings. The van der Waals surface area contributed by atoms with Crippen LogP contribution in [0.15, 0.2) is 0 Å². The van der Waals surface area contributed by atoms with Gasteiger partial charge >= 0.3 is 0 Å². The monoisotopic (exact) mass is 268 g/mol. The van der Waals surface area contributed by atoms with E-state index in [9.17, 15) is 5.11 Å². The number of aliphatic hydroxyl groups is 1. The van der Waals surface area contributed by atoms with Crippen molar-refractivity contribution < 1.29 is 5.11 Å². The van der Waals surface area contributed by atoms with Crippen LogP contribution < -0.4 is 0 Å². The first-order valence-electron chi connectivity index (χ1n) is 8.31. The Morgan fingerprint density at radius 2 is 1.84 bits per heavy atom. The summed E-state index contributed by atoms with van der Waals surface area (Å²) < 4.78 is 0. The molecule has 0 radical (unpaired) electrons. The summed E-state index contributed by atoms with van der Waals surface area (Å²) in [7, 11) is 2.24. The minimum atomic E-state index is -0.0546. The fraction of sp³-hybridized carbons (Fsp3) is 1.00. The predicted molar refractivity (Wildman–Crippen MR) is 80.3 cm³/mol. The molecule has 2 aliphatic rings. The molecule has 3 atom stereocenters. The summed E-state index contributed by atoms with van der Waals surface area (Å²) in [5.41, 5.74) is 0. The summed E-state index contributed by atoms with van der Waals surface area (Å²) in [6.45, 7) is 7.06. The molecular formula is C16H32N2O. The van der Waals surface area contributed by atoms with Crippen molar-refractivity contribution in [3.8, 4) is 0 Å². The lowest BCUT2D eigenvalue weighted by molar-refractivity contribution is 0.0596. The molecule has 3 nitrogen and oxygen atoms in total. The summed E-state index contributed by atoms with van der Waals surface area (Å²) in [6, 6.07) is 0.683. The third-order valence-corrected chi connectivity index (χ3v) is 5.08. The van der Waals surface area contributed by atoms with Gasteiger partial charge in [-0.1, -0.05) is 26.2 Å². The van der Waals surface area contributed by atoms with Gasteiger partial charge in [0.05, 0.1) is 6.10 Å². The maximum absolute atomic E-state index is 10.3. The molecule has 1 heterocycles. The maximum atomic E-state index is 10.3. The number of hydrogen-bond donors (Lipinski definition) is 1. The summed E-state index contributed by atoms with van der Waals surface area (Å²) in [4.78, 5) is 5.14. The smallest absolute Gasteiger partial charge is 0.0580 e. The summed E-state index contributed by atoms with van der Waals surface area (Å²) in [5, 5.41) is 10.3. The molecule has 2 rings (SSSR count). The van der Waals surface area contributed by atoms with Crippen molar-refractivity contribution in [2.75, 3.05) is 33.2 Å². The zero-order valence-electron chi connectivity index (χ0n) is 12.9. The van der Waals surface area contributed by atoms with Crippen LogP contribution in [0.25, 0.3) is 0 Å². The molecule has 112 valence electrons. The fourth-order valence-corrected chi connectivity index (χ4v) is 3.80. The molecule has 1 saturated carbocycles. The zero-order valence-corrected chi connectivity index (χ0v) is 12.9. The van der Waals surface area contributed by atoms with Crippen LogP contribution in [-0.2, 0) is 0 Å². The van der Waals surface area contributed by atoms with Gasteiger partial charge in [0.1, 0.15) is 0 Å². The summed E-state index contributed by atoms with van der Waals surface area (Å²) >= 11 is 0. The molecule has 0 aromatic rings. The Bertz CT molecular complexity index is 259. The molecule has 1 saturated heterocycles. The highest BCUT2D eigenvalue weighted by Crippen LogP contribution is 2.26. The maximum Gasteiger partial charge on any atom is 0.0580 e. The Balaban J connectivity index is 1.94. The molecule has 0 aromatic carbocycles. The van der Waals surface area contributed by atoms with E-state index in [4.69, 9.17) is 0 Å². The number of likely N-dealkylation sites (N-methyl/N-ethyl adjacent to an activating group) is 1. The topological polar surface area (TPSA) is 26.7 Å². The van der Waals surface area contributed by atoms with Crippen LogP contribution in [0.4, 0.5) is 0 Å². The van der Waals surface area contributed by atoms with E-state index in [1.165, 1.54) is 58.2 Å². The molecule has 1 aliphatic carbocycles. The van der Waals surface area contributed by atoms with Gasteiger partial charge in [0.25, 0.3) is 0 Å². The lowest BCUT2D eigenvalue weighted by Crippen LogP contribution is -2.44. The normalized spacial score (nSPS) is 35.8. The molecule has 0 bridgehead atoms. The molecule has 19 heavy (non-hydrogen) atoms. The molecule has 0 spiro atoms. The van der Waals surface area contributed by atoms with Crippen molar-refractivity contribution in [2.24, 2.45) is 5.92 Å². The molecule has 0 aromatic heterocycles. The van der Waals surface area contributed by atoms with Gasteiger partial charge in [-0.15, -0.1) is 0 Å². The SMILES string of the molecule is CCC1CN(C)CCCN1CC1CCCCCC1O. The van der Waals surface area contributed by atoms with Crippen molar-refractivity contribution >= 4 is 0 Å². The van der Waals surface area contributed by atoms with Gasteiger partial charge in [-0.05, 0) is 51.7 Å². The fourth-order valence-electron chi connectivity index (χ4n) is 3.80. The number of nitrogens with zero attached hydrogens (tertiary/aromatic N) is 2. The van der Waals surface area contributed by atoms with Crippen LogP contribution >= 0.6 is 0 Å². The standard InChI is InChI=1S/C16H32N2O/c1-3-15-13-17(2)10-7-11-18(15)12-14-8-5-4-6-9-16(14)19/h14-16,19H,3-13H2,1-2H3. The Morgan fingerprint density at radius 1 is 1.05 bits per heavy atom. The van der Waals surface area contributed by atoms with Gasteiger partial charge in [-0.25, -0.2) is 0 Å². The highest BCUT2D eigenvalue weighted by Gasteiger charge is 2.28. The van der Waals surface area contributed by atoms with Gasteiger partial charge in [0.15, 0.2) is 0 Å². The molecular weight excluding hydrogens is 236 g/mol. The molecule has 3 heteroatoms. The van der Waals surface area contributed by atoms with Crippen LogP contribution in [0.5, 0.6) is 0 Å². The average molecular weight is 268 g/mol. The van der Waals surface area contributed by atoms with E-state index < -0.39 is 0 Å². The average Bonchev–Trinajstić information content (AvgIpc) is 2.70. The first kappa shape index (κ1) is 15.3. The van der Waals surface area contributed by atoms with Gasteiger partial charge < -0.3 is 10.0 Å². The van der Waals surface area contributed by atoms with Crippen LogP contribution in [0.2, 0.25) is 0 Å². The van der Waals surface area contributed by atoms with Crippen molar-refractivity contribution in [3.63, 3.8) is 0 Å². The molecule has 3 unspecified atom stereocenters. The van der Waals surface area contributed by atoms with E-state index in [2.05, 4.69) is 23.8 Å². The first-order valence-corrected chi connectivity index (χ1v) is 8.31. The Kier molecular flexibility index (Phi) is 6.11. The highest BCUT2D eigenvalue weighted by atomic mass is 16.3. The third kappa shape index (κ3) is 4.44. The first-order chi connectivity index (χ1) is 9.20. The van der Waals surface area contributed by atoms with E-state index in [1.54, 1.807) is 0 Å². The second-order valence-electron chi connectivity index (χ2n) is 6.64. The lowest BCUT2D eigenvalue weighted by Gasteiger charge is -2.34. The van der Waals surface area contributed by atoms with Crippen molar-refractivity contribution in [2.45, 2.75) is 64.0 Å². The molecule has 1 N–H and O–H groups in total. The Morgan fingerprint density at radius 3 is 2.63 bits per heavy atom. The van der Waals surface area contributed by atoms with Crippen LogP contribution in [-0.4, -0.2) is 60.3 Å². The Labute approximate surface area is 119 Å². The van der Waals surface area contributed by atoms with E-state index >= 15 is 0 Å². The van der Waals surface area contributed by atoms with Gasteiger partial charge in [0.2, 0.25) is 0 Å². The van der Waals surface area contributed by atoms with Gasteiger partial charge in [-0.2, -0.15) is 0 Å². The summed E-state index contributed by atoms with van der Waals surface area (Å²) in [5.74, 6) is 0.514. The van der Waals surface area contributed by atoms with E-state index in [0.29, 0.717) is 12.0 Å². The van der Waals surface area contributed by atoms with Crippen LogP contribution in [0, 0.1) is 5.92 Å². The van der Waals surface area contributed by atoms with Crippen LogP contribution in [0.1, 0.15) is 51.9 Å². The highest BCUT2D eigenvalue weighted by molar-refractivity contribution is 4.82. The minimum Gasteiger partial charge on any atom is -0.393 e. The summed E-state index contributed by atoms with van der Waals surface area (Å²) in [6.07, 6.45) is 8.54. The quantitative estimate of drug-likeness (QED) is 0.796. The van der Waals surface area contributed by atoms with Crippen molar-refractivity contribution in [1.29, 1.82) is 0 Å². The zero-order chi connectivity index (χ0) is 13.7. The predicted octanol–water partition coefficient (Wildman–Crippen LogP) is 2.34. The number of rotatable bonds is 3. The van der Waals surface area contributed by atoms with Crippen molar-refractivity contribution in [1.82, 2.24) is 9.80 Å². The second kappa shape index (κ2) is 7.61. The largest absolute Gasteiger partial charge is 0.393 e. The van der Waals surface area contributed by atoms with E-state index in [0.717, 1.165) is 13.0 Å². The number of aliphatic hydroxyl groups excluding tert-OH is 1. The minimum absolute atomic E-state index is 0.0546. The molecule has 1 aliphatic heterocycles. The van der Waals surface area contributed by atoms with E-state index in [-0.39, 0.29) is 6.10 Å². The van der Waals surface area contributed by atoms with Gasteiger partial charge in [0, 0.05) is 19.1 Å². The second-order valence-corrected chi connectivity index (χ2v) is 6.64. The van der Waals surface area contributed by atoms with Gasteiger partial charge in [-0.3, -0.25) is 4.90 Å². The van der Waals surface area contributed by atoms with Crippen LogP contribution in [0.3, 0.4) is 0 Å². The Hall–Kier alpha value is -0.120.